The average molecular weight is 537 g/mol. The van der Waals surface area contributed by atoms with Crippen molar-refractivity contribution < 1.29 is 4.79 Å². The van der Waals surface area contributed by atoms with Crippen LogP contribution >= 0.6 is 23.8 Å². The molecule has 37 heavy (non-hydrogen) atoms. The van der Waals surface area contributed by atoms with Crippen LogP contribution in [-0.2, 0) is 11.3 Å². The van der Waals surface area contributed by atoms with Crippen LogP contribution in [-0.4, -0.2) is 69.8 Å². The summed E-state index contributed by atoms with van der Waals surface area (Å²) in [5.41, 5.74) is 2.72. The number of carbonyl (C=O) groups is 1. The van der Waals surface area contributed by atoms with Gasteiger partial charge in [0.15, 0.2) is 10.9 Å². The SMILES string of the molecule is CC(C)NC(=S)N(CC(=O)N1CCCN(c2ccc(-c3ccccc3Cl)nn2)CC1)Cc1ccccc1. The highest BCUT2D eigenvalue weighted by molar-refractivity contribution is 7.80. The van der Waals surface area contributed by atoms with Gasteiger partial charge in [0.1, 0.15) is 0 Å². The lowest BCUT2D eigenvalue weighted by molar-refractivity contribution is -0.131. The molecule has 0 unspecified atom stereocenters. The van der Waals surface area contributed by atoms with Crippen LogP contribution in [0.3, 0.4) is 0 Å². The van der Waals surface area contributed by atoms with Crippen molar-refractivity contribution in [2.75, 3.05) is 37.6 Å². The van der Waals surface area contributed by atoms with E-state index in [0.29, 0.717) is 36.3 Å². The molecule has 7 nitrogen and oxygen atoms in total. The van der Waals surface area contributed by atoms with Crippen LogP contribution in [0.4, 0.5) is 5.82 Å². The number of carbonyl (C=O) groups excluding carboxylic acids is 1. The van der Waals surface area contributed by atoms with Crippen molar-refractivity contribution in [1.82, 2.24) is 25.3 Å². The van der Waals surface area contributed by atoms with Crippen molar-refractivity contribution >= 4 is 40.7 Å². The van der Waals surface area contributed by atoms with Crippen LogP contribution in [0.2, 0.25) is 5.02 Å². The Morgan fingerprint density at radius 2 is 1.76 bits per heavy atom. The van der Waals surface area contributed by atoms with Crippen LogP contribution in [0, 0.1) is 0 Å². The van der Waals surface area contributed by atoms with Gasteiger partial charge in [0, 0.05) is 44.3 Å². The predicted octanol–water partition coefficient (Wildman–Crippen LogP) is 4.62. The van der Waals surface area contributed by atoms with Gasteiger partial charge in [-0.1, -0.05) is 60.1 Å². The van der Waals surface area contributed by atoms with Crippen LogP contribution in [0.25, 0.3) is 11.3 Å². The Morgan fingerprint density at radius 3 is 2.46 bits per heavy atom. The monoisotopic (exact) mass is 536 g/mol. The summed E-state index contributed by atoms with van der Waals surface area (Å²) in [6.07, 6.45) is 0.854. The van der Waals surface area contributed by atoms with E-state index >= 15 is 0 Å². The van der Waals surface area contributed by atoms with Gasteiger partial charge in [-0.3, -0.25) is 4.79 Å². The Morgan fingerprint density at radius 1 is 1.00 bits per heavy atom. The Balaban J connectivity index is 1.38. The second-order valence-corrected chi connectivity index (χ2v) is 10.2. The number of hydrogen-bond acceptors (Lipinski definition) is 5. The van der Waals surface area contributed by atoms with Crippen LogP contribution in [0.15, 0.2) is 66.7 Å². The van der Waals surface area contributed by atoms with E-state index in [-0.39, 0.29) is 18.5 Å². The zero-order valence-electron chi connectivity index (χ0n) is 21.3. The fourth-order valence-corrected chi connectivity index (χ4v) is 4.90. The minimum atomic E-state index is 0.0749. The highest BCUT2D eigenvalue weighted by Crippen LogP contribution is 2.26. The molecular formula is C28H33ClN6OS. The molecule has 3 aromatic rings. The first-order valence-electron chi connectivity index (χ1n) is 12.6. The molecule has 2 aromatic carbocycles. The maximum Gasteiger partial charge on any atom is 0.242 e. The van der Waals surface area contributed by atoms with E-state index < -0.39 is 0 Å². The van der Waals surface area contributed by atoms with Gasteiger partial charge in [-0.2, -0.15) is 0 Å². The average Bonchev–Trinajstić information content (AvgIpc) is 3.15. The van der Waals surface area contributed by atoms with Crippen molar-refractivity contribution in [3.8, 4) is 11.3 Å². The third-order valence-electron chi connectivity index (χ3n) is 6.21. The van der Waals surface area contributed by atoms with E-state index in [1.165, 1.54) is 0 Å². The number of hydrogen-bond donors (Lipinski definition) is 1. The summed E-state index contributed by atoms with van der Waals surface area (Å²) in [6.45, 7) is 7.73. The number of thiocarbonyl (C=S) groups is 1. The highest BCUT2D eigenvalue weighted by atomic mass is 35.5. The van der Waals surface area contributed by atoms with Gasteiger partial charge in [0.25, 0.3) is 0 Å². The molecule has 0 radical (unpaired) electrons. The molecule has 1 aliphatic heterocycles. The predicted molar refractivity (Wildman–Crippen MR) is 154 cm³/mol. The van der Waals surface area contributed by atoms with Crippen molar-refractivity contribution in [2.45, 2.75) is 32.9 Å². The number of nitrogens with one attached hydrogen (secondary N) is 1. The number of benzene rings is 2. The van der Waals surface area contributed by atoms with Gasteiger partial charge in [-0.15, -0.1) is 10.2 Å². The summed E-state index contributed by atoms with van der Waals surface area (Å²) in [6, 6.07) is 21.8. The summed E-state index contributed by atoms with van der Waals surface area (Å²) in [7, 11) is 0. The standard InChI is InChI=1S/C28H33ClN6OS/c1-21(2)30-28(37)35(19-22-9-4-3-5-10-22)20-27(36)34-16-8-15-33(17-18-34)26-14-13-25(31-32-26)23-11-6-7-12-24(23)29/h3-7,9-14,21H,8,15-20H2,1-2H3,(H,30,37). The first-order chi connectivity index (χ1) is 17.9. The Hall–Kier alpha value is -3.23. The fourth-order valence-electron chi connectivity index (χ4n) is 4.31. The Kier molecular flexibility index (Phi) is 9.30. The minimum absolute atomic E-state index is 0.0749. The summed E-state index contributed by atoms with van der Waals surface area (Å²) < 4.78 is 0. The molecule has 0 spiro atoms. The highest BCUT2D eigenvalue weighted by Gasteiger charge is 2.23. The van der Waals surface area contributed by atoms with Gasteiger partial charge < -0.3 is 20.0 Å². The lowest BCUT2D eigenvalue weighted by atomic mass is 10.1. The van der Waals surface area contributed by atoms with Crippen LogP contribution < -0.4 is 10.2 Å². The van der Waals surface area contributed by atoms with Gasteiger partial charge in [0.2, 0.25) is 5.91 Å². The molecule has 0 bridgehead atoms. The topological polar surface area (TPSA) is 64.6 Å². The first kappa shape index (κ1) is 26.8. The lowest BCUT2D eigenvalue weighted by Gasteiger charge is -2.30. The second-order valence-electron chi connectivity index (χ2n) is 9.42. The summed E-state index contributed by atoms with van der Waals surface area (Å²) in [5.74, 6) is 0.879. The first-order valence-corrected chi connectivity index (χ1v) is 13.4. The van der Waals surface area contributed by atoms with E-state index in [2.05, 4.69) is 32.5 Å². The van der Waals surface area contributed by atoms with Crippen molar-refractivity contribution in [3.05, 3.63) is 77.3 Å². The zero-order chi connectivity index (χ0) is 26.2. The molecule has 1 aliphatic rings. The Bertz CT molecular complexity index is 1190. The summed E-state index contributed by atoms with van der Waals surface area (Å²) >= 11 is 12.0. The van der Waals surface area contributed by atoms with Crippen molar-refractivity contribution in [1.29, 1.82) is 0 Å². The molecule has 1 saturated heterocycles. The maximum atomic E-state index is 13.4. The van der Waals surface area contributed by atoms with E-state index in [9.17, 15) is 4.79 Å². The molecule has 1 N–H and O–H groups in total. The third kappa shape index (κ3) is 7.40. The number of amides is 1. The van der Waals surface area contributed by atoms with Gasteiger partial charge in [0.05, 0.1) is 17.3 Å². The van der Waals surface area contributed by atoms with E-state index in [0.717, 1.165) is 35.6 Å². The van der Waals surface area contributed by atoms with E-state index in [4.69, 9.17) is 23.8 Å². The van der Waals surface area contributed by atoms with E-state index in [1.807, 2.05) is 78.2 Å². The zero-order valence-corrected chi connectivity index (χ0v) is 22.9. The van der Waals surface area contributed by atoms with Gasteiger partial charge in [-0.05, 0) is 56.2 Å². The fraction of sp³-hybridized carbons (Fsp3) is 0.357. The molecule has 1 fully saturated rings. The second kappa shape index (κ2) is 12.8. The number of halogens is 1. The lowest BCUT2D eigenvalue weighted by Crippen LogP contribution is -2.48. The van der Waals surface area contributed by atoms with Gasteiger partial charge in [-0.25, -0.2) is 0 Å². The normalized spacial score (nSPS) is 13.8. The van der Waals surface area contributed by atoms with E-state index in [1.54, 1.807) is 0 Å². The quantitative estimate of drug-likeness (QED) is 0.442. The molecular weight excluding hydrogens is 504 g/mol. The molecule has 4 rings (SSSR count). The number of nitrogens with zero attached hydrogens (tertiary/aromatic N) is 5. The summed E-state index contributed by atoms with van der Waals surface area (Å²) in [4.78, 5) is 19.4. The maximum absolute atomic E-state index is 13.4. The summed E-state index contributed by atoms with van der Waals surface area (Å²) in [5, 5.41) is 13.4. The van der Waals surface area contributed by atoms with Crippen LogP contribution in [0.1, 0.15) is 25.8 Å². The molecule has 0 atom stereocenters. The van der Waals surface area contributed by atoms with Crippen molar-refractivity contribution in [3.63, 3.8) is 0 Å². The number of aromatic nitrogens is 2. The Labute approximate surface area is 229 Å². The van der Waals surface area contributed by atoms with Gasteiger partial charge >= 0.3 is 0 Å². The smallest absolute Gasteiger partial charge is 0.242 e. The molecule has 0 aliphatic carbocycles. The molecule has 0 saturated carbocycles. The molecule has 194 valence electrons. The minimum Gasteiger partial charge on any atom is -0.360 e. The molecule has 1 aromatic heterocycles. The third-order valence-corrected chi connectivity index (χ3v) is 6.92. The number of anilines is 1. The number of rotatable bonds is 7. The van der Waals surface area contributed by atoms with Crippen molar-refractivity contribution in [2.24, 2.45) is 0 Å². The largest absolute Gasteiger partial charge is 0.360 e. The molecule has 2 heterocycles. The molecule has 1 amide bonds. The molecule has 9 heteroatoms. The van der Waals surface area contributed by atoms with Crippen LogP contribution in [0.5, 0.6) is 0 Å².